The number of sulfone groups is 1. The van der Waals surface area contributed by atoms with Gasteiger partial charge >= 0.3 is 11.9 Å². The van der Waals surface area contributed by atoms with Gasteiger partial charge in [0.25, 0.3) is 0 Å². The SMILES string of the molecule is CCCCCCCS(=O)(=O)CCCCCC/C=C/[C@H](C(=O)N[C@@H](Cc1ccc(OCCCF)cc1)C(=O)OC)[C@@](O)(CCC)C(=O)O. The van der Waals surface area contributed by atoms with Crippen molar-refractivity contribution in [3.8, 4) is 5.75 Å². The van der Waals surface area contributed by atoms with Crippen molar-refractivity contribution in [2.45, 2.75) is 115 Å². The standard InChI is InChI=1S/C35H56FNO9S/c1-4-6-7-11-14-25-47(43,44)26-15-12-9-8-10-13-17-30(35(42,22-5-2)34(40)41)32(38)37-31(33(39)45-3)27-28-18-20-29(21-19-28)46-24-16-23-36/h13,17-21,30-31,42H,4-12,14-16,22-27H2,1-3H3,(H,37,38)(H,40,41)/b17-13+/t30-,31+,35+/m1/s1. The Kier molecular flexibility index (Phi) is 20.9. The number of allylic oxidation sites excluding steroid dienone is 1. The number of carbonyl (C=O) groups excluding carboxylic acids is 2. The van der Waals surface area contributed by atoms with E-state index in [1.54, 1.807) is 37.3 Å². The van der Waals surface area contributed by atoms with Crippen LogP contribution in [0.2, 0.25) is 0 Å². The molecule has 0 heterocycles. The summed E-state index contributed by atoms with van der Waals surface area (Å²) >= 11 is 0. The Morgan fingerprint density at radius 2 is 1.55 bits per heavy atom. The van der Waals surface area contributed by atoms with Gasteiger partial charge in [-0.25, -0.2) is 18.0 Å². The second kappa shape index (κ2) is 23.4. The molecule has 0 bridgehead atoms. The molecule has 0 saturated heterocycles. The van der Waals surface area contributed by atoms with E-state index in [1.165, 1.54) is 13.2 Å². The van der Waals surface area contributed by atoms with Crippen molar-refractivity contribution >= 4 is 27.7 Å². The molecular formula is C35H56FNO9S. The number of amides is 1. The van der Waals surface area contributed by atoms with Crippen molar-refractivity contribution in [2.75, 3.05) is 31.9 Å². The van der Waals surface area contributed by atoms with Gasteiger partial charge in [0.1, 0.15) is 21.6 Å². The highest BCUT2D eigenvalue weighted by molar-refractivity contribution is 7.91. The van der Waals surface area contributed by atoms with Gasteiger partial charge < -0.3 is 25.0 Å². The van der Waals surface area contributed by atoms with Crippen molar-refractivity contribution < 1.29 is 46.9 Å². The molecule has 10 nitrogen and oxygen atoms in total. The minimum atomic E-state index is -3.05. The number of aliphatic carboxylic acids is 1. The van der Waals surface area contributed by atoms with Crippen LogP contribution in [0.3, 0.4) is 0 Å². The highest BCUT2D eigenvalue weighted by Gasteiger charge is 2.46. The molecule has 0 fully saturated rings. The summed E-state index contributed by atoms with van der Waals surface area (Å²) in [5, 5.41) is 23.7. The van der Waals surface area contributed by atoms with E-state index in [-0.39, 0.29) is 37.4 Å². The maximum atomic E-state index is 13.5. The number of carbonyl (C=O) groups is 3. The van der Waals surface area contributed by atoms with E-state index in [2.05, 4.69) is 12.2 Å². The van der Waals surface area contributed by atoms with E-state index in [9.17, 15) is 37.4 Å². The summed E-state index contributed by atoms with van der Waals surface area (Å²) in [5.41, 5.74) is -1.74. The molecule has 1 amide bonds. The first-order valence-corrected chi connectivity index (χ1v) is 18.7. The fraction of sp³-hybridized carbons (Fsp3) is 0.686. The Morgan fingerprint density at radius 3 is 2.11 bits per heavy atom. The Hall–Kier alpha value is -2.99. The second-order valence-corrected chi connectivity index (χ2v) is 14.3. The zero-order valence-corrected chi connectivity index (χ0v) is 29.2. The van der Waals surface area contributed by atoms with Crippen LogP contribution >= 0.6 is 0 Å². The summed E-state index contributed by atoms with van der Waals surface area (Å²) in [6.07, 6.45) is 11.6. The molecule has 0 aliphatic heterocycles. The summed E-state index contributed by atoms with van der Waals surface area (Å²) in [7, 11) is -1.88. The Morgan fingerprint density at radius 1 is 0.936 bits per heavy atom. The predicted octanol–water partition coefficient (Wildman–Crippen LogP) is 5.75. The molecule has 0 aliphatic carbocycles. The van der Waals surface area contributed by atoms with Crippen molar-refractivity contribution in [2.24, 2.45) is 5.92 Å². The third-order valence-electron chi connectivity index (χ3n) is 7.97. The zero-order chi connectivity index (χ0) is 35.1. The molecule has 0 spiro atoms. The molecule has 3 atom stereocenters. The number of carboxylic acid groups (broad SMARTS) is 1. The van der Waals surface area contributed by atoms with Crippen LogP contribution in [0.15, 0.2) is 36.4 Å². The molecule has 268 valence electrons. The molecule has 0 aromatic heterocycles. The van der Waals surface area contributed by atoms with E-state index in [0.29, 0.717) is 43.4 Å². The monoisotopic (exact) mass is 685 g/mol. The molecule has 0 unspecified atom stereocenters. The Labute approximate surface area is 280 Å². The quantitative estimate of drug-likeness (QED) is 0.0596. The largest absolute Gasteiger partial charge is 0.494 e. The first-order valence-electron chi connectivity index (χ1n) is 16.9. The fourth-order valence-corrected chi connectivity index (χ4v) is 6.73. The molecule has 1 aromatic rings. The topological polar surface area (TPSA) is 156 Å². The summed E-state index contributed by atoms with van der Waals surface area (Å²) in [6.45, 7) is 3.55. The number of aliphatic hydroxyl groups is 1. The predicted molar refractivity (Wildman–Crippen MR) is 181 cm³/mol. The van der Waals surface area contributed by atoms with Gasteiger partial charge in [-0.2, -0.15) is 0 Å². The van der Waals surface area contributed by atoms with Gasteiger partial charge in [0.15, 0.2) is 5.60 Å². The van der Waals surface area contributed by atoms with Gasteiger partial charge in [0.05, 0.1) is 37.8 Å². The number of hydrogen-bond acceptors (Lipinski definition) is 8. The number of methoxy groups -OCH3 is 1. The summed E-state index contributed by atoms with van der Waals surface area (Å²) < 4.78 is 47.2. The lowest BCUT2D eigenvalue weighted by atomic mass is 9.82. The second-order valence-electron chi connectivity index (χ2n) is 12.0. The molecule has 1 rings (SSSR count). The third kappa shape index (κ3) is 16.6. The van der Waals surface area contributed by atoms with Crippen molar-refractivity contribution in [1.82, 2.24) is 5.32 Å². The average Bonchev–Trinajstić information content (AvgIpc) is 3.04. The number of esters is 1. The van der Waals surface area contributed by atoms with Gasteiger partial charge in [0, 0.05) is 12.8 Å². The molecule has 12 heteroatoms. The number of unbranched alkanes of at least 4 members (excludes halogenated alkanes) is 8. The lowest BCUT2D eigenvalue weighted by Gasteiger charge is -2.30. The normalized spacial score (nSPS) is 14.3. The Bertz CT molecular complexity index is 1190. The smallest absolute Gasteiger partial charge is 0.336 e. The zero-order valence-electron chi connectivity index (χ0n) is 28.4. The van der Waals surface area contributed by atoms with Gasteiger partial charge in [-0.3, -0.25) is 9.18 Å². The minimum absolute atomic E-state index is 0.0352. The first kappa shape index (κ1) is 42.0. The van der Waals surface area contributed by atoms with Crippen LogP contribution in [0.1, 0.15) is 103 Å². The van der Waals surface area contributed by atoms with Crippen molar-refractivity contribution in [3.05, 3.63) is 42.0 Å². The molecule has 0 radical (unpaired) electrons. The number of nitrogens with one attached hydrogen (secondary N) is 1. The molecule has 0 aliphatic rings. The van der Waals surface area contributed by atoms with Crippen LogP contribution in [0.5, 0.6) is 5.75 Å². The minimum Gasteiger partial charge on any atom is -0.494 e. The summed E-state index contributed by atoms with van der Waals surface area (Å²) in [4.78, 5) is 38.4. The maximum absolute atomic E-state index is 13.5. The molecule has 47 heavy (non-hydrogen) atoms. The van der Waals surface area contributed by atoms with Crippen molar-refractivity contribution in [3.63, 3.8) is 0 Å². The number of carboxylic acids is 1. The number of ether oxygens (including phenoxy) is 2. The fourth-order valence-electron chi connectivity index (χ4n) is 5.24. The van der Waals surface area contributed by atoms with Gasteiger partial charge in [-0.1, -0.05) is 83.1 Å². The molecule has 3 N–H and O–H groups in total. The van der Waals surface area contributed by atoms with Gasteiger partial charge in [0.2, 0.25) is 5.91 Å². The third-order valence-corrected chi connectivity index (χ3v) is 9.80. The summed E-state index contributed by atoms with van der Waals surface area (Å²) in [6, 6.07) is 5.55. The van der Waals surface area contributed by atoms with Crippen LogP contribution in [0.25, 0.3) is 0 Å². The number of benzene rings is 1. The average molecular weight is 686 g/mol. The van der Waals surface area contributed by atoms with Crippen LogP contribution in [0.4, 0.5) is 4.39 Å². The lowest BCUT2D eigenvalue weighted by Crippen LogP contribution is -2.54. The van der Waals surface area contributed by atoms with Crippen LogP contribution < -0.4 is 10.1 Å². The van der Waals surface area contributed by atoms with E-state index < -0.39 is 51.9 Å². The lowest BCUT2D eigenvalue weighted by molar-refractivity contribution is -0.167. The number of halogens is 1. The molecule has 1 aromatic carbocycles. The number of alkyl halides is 1. The highest BCUT2D eigenvalue weighted by atomic mass is 32.2. The number of rotatable bonds is 27. The van der Waals surface area contributed by atoms with Crippen LogP contribution in [0, 0.1) is 5.92 Å². The number of hydrogen-bond donors (Lipinski definition) is 3. The Balaban J connectivity index is 2.84. The first-order chi connectivity index (χ1) is 22.4. The van der Waals surface area contributed by atoms with E-state index in [4.69, 9.17) is 9.47 Å². The molecule has 0 saturated carbocycles. The maximum Gasteiger partial charge on any atom is 0.336 e. The van der Waals surface area contributed by atoms with Gasteiger partial charge in [-0.15, -0.1) is 0 Å². The summed E-state index contributed by atoms with van der Waals surface area (Å²) in [5.74, 6) is -3.68. The van der Waals surface area contributed by atoms with Crippen LogP contribution in [-0.4, -0.2) is 80.0 Å². The highest BCUT2D eigenvalue weighted by Crippen LogP contribution is 2.27. The van der Waals surface area contributed by atoms with E-state index >= 15 is 0 Å². The van der Waals surface area contributed by atoms with E-state index in [1.807, 2.05) is 0 Å². The van der Waals surface area contributed by atoms with E-state index in [0.717, 1.165) is 38.5 Å². The van der Waals surface area contributed by atoms with Gasteiger partial charge in [-0.05, 0) is 49.8 Å². The van der Waals surface area contributed by atoms with Crippen molar-refractivity contribution in [1.29, 1.82) is 0 Å². The molecular weight excluding hydrogens is 629 g/mol. The van der Waals surface area contributed by atoms with Crippen LogP contribution in [-0.2, 0) is 35.4 Å².